The van der Waals surface area contributed by atoms with Crippen molar-refractivity contribution in [3.8, 4) is 0 Å². The third-order valence-electron chi connectivity index (χ3n) is 3.30. The van der Waals surface area contributed by atoms with Gasteiger partial charge in [0.2, 0.25) is 5.28 Å². The Labute approximate surface area is 133 Å². The molecule has 1 N–H and O–H groups in total. The summed E-state index contributed by atoms with van der Waals surface area (Å²) in [6.45, 7) is -0.276. The van der Waals surface area contributed by atoms with E-state index in [1.54, 1.807) is 0 Å². The maximum atomic E-state index is 14.0. The molecule has 10 heteroatoms. The van der Waals surface area contributed by atoms with Crippen molar-refractivity contribution < 1.29 is 13.2 Å². The van der Waals surface area contributed by atoms with E-state index in [9.17, 15) is 13.2 Å². The van der Waals surface area contributed by atoms with E-state index >= 15 is 0 Å². The summed E-state index contributed by atoms with van der Waals surface area (Å²) in [5.41, 5.74) is 2.49. The summed E-state index contributed by atoms with van der Waals surface area (Å²) in [6.07, 6.45) is 1.29. The van der Waals surface area contributed by atoms with Crippen LogP contribution in [-0.2, 0) is 0 Å². The van der Waals surface area contributed by atoms with Gasteiger partial charge in [0.15, 0.2) is 16.8 Å². The van der Waals surface area contributed by atoms with Gasteiger partial charge >= 0.3 is 0 Å². The quantitative estimate of drug-likeness (QED) is 0.631. The van der Waals surface area contributed by atoms with Gasteiger partial charge in [0.05, 0.1) is 11.9 Å². The molecule has 1 aliphatic rings. The Morgan fingerprint density at radius 3 is 2.82 bits per heavy atom. The Bertz CT molecular complexity index is 727. The topological polar surface area (TPSA) is 53.9 Å². The molecule has 0 aliphatic carbocycles. The van der Waals surface area contributed by atoms with Gasteiger partial charge in [0, 0.05) is 19.2 Å². The molecule has 118 valence electrons. The largest absolute Gasteiger partial charge is 0.291 e. The number of alkyl halides is 2. The van der Waals surface area contributed by atoms with Crippen LogP contribution in [0, 0.1) is 5.82 Å². The highest BCUT2D eigenvalue weighted by atomic mass is 35.5. The van der Waals surface area contributed by atoms with Crippen LogP contribution in [0.5, 0.6) is 0 Å². The van der Waals surface area contributed by atoms with Gasteiger partial charge in [0.25, 0.3) is 5.92 Å². The van der Waals surface area contributed by atoms with E-state index in [1.165, 1.54) is 11.2 Å². The molecule has 3 heterocycles. The van der Waals surface area contributed by atoms with Crippen LogP contribution in [0.15, 0.2) is 6.20 Å². The molecule has 0 spiro atoms. The van der Waals surface area contributed by atoms with Crippen molar-refractivity contribution >= 4 is 39.9 Å². The molecule has 3 rings (SSSR count). The minimum atomic E-state index is -2.81. The predicted molar refractivity (Wildman–Crippen MR) is 76.8 cm³/mol. The Morgan fingerprint density at radius 2 is 2.05 bits per heavy atom. The Hall–Kier alpha value is -1.38. The second-order valence-electron chi connectivity index (χ2n) is 4.89. The summed E-state index contributed by atoms with van der Waals surface area (Å²) in [5, 5.41) is 1.10. The molecule has 2 aromatic rings. The fourth-order valence-corrected chi connectivity index (χ4v) is 2.56. The molecular weight excluding hydrogens is 342 g/mol. The SMILES string of the molecule is Fc1c(Cl)ncc2c(N3CCCC(F)(F)CN3)nc(Cl)nc12. The molecule has 0 bridgehead atoms. The molecule has 1 aliphatic heterocycles. The van der Waals surface area contributed by atoms with Crippen molar-refractivity contribution in [2.24, 2.45) is 0 Å². The van der Waals surface area contributed by atoms with Crippen LogP contribution in [0.3, 0.4) is 0 Å². The molecule has 0 saturated carbocycles. The number of anilines is 1. The molecule has 1 fully saturated rings. The standard InChI is InChI=1S/C12H10Cl2F3N5/c13-9-7(15)8-6(4-18-9)10(21-11(14)20-8)22-3-1-2-12(16,17)5-19-22/h4,19H,1-3,5H2. The van der Waals surface area contributed by atoms with Gasteiger partial charge in [-0.2, -0.15) is 4.98 Å². The van der Waals surface area contributed by atoms with Gasteiger partial charge < -0.3 is 0 Å². The fourth-order valence-electron chi connectivity index (χ4n) is 2.25. The zero-order valence-electron chi connectivity index (χ0n) is 11.1. The lowest BCUT2D eigenvalue weighted by atomic mass is 10.2. The summed E-state index contributed by atoms with van der Waals surface area (Å²) >= 11 is 11.4. The van der Waals surface area contributed by atoms with E-state index in [1.807, 2.05) is 0 Å². The van der Waals surface area contributed by atoms with Crippen LogP contribution in [0.25, 0.3) is 10.9 Å². The first-order valence-corrected chi connectivity index (χ1v) is 7.19. The second kappa shape index (κ2) is 5.68. The number of aromatic nitrogens is 3. The van der Waals surface area contributed by atoms with Crippen LogP contribution in [0.2, 0.25) is 10.4 Å². The molecule has 2 aromatic heterocycles. The van der Waals surface area contributed by atoms with E-state index in [-0.39, 0.29) is 46.5 Å². The van der Waals surface area contributed by atoms with E-state index in [2.05, 4.69) is 20.4 Å². The van der Waals surface area contributed by atoms with Crippen molar-refractivity contribution in [1.29, 1.82) is 0 Å². The molecule has 0 atom stereocenters. The lowest BCUT2D eigenvalue weighted by Crippen LogP contribution is -2.42. The van der Waals surface area contributed by atoms with Crippen LogP contribution in [0.1, 0.15) is 12.8 Å². The third-order valence-corrected chi connectivity index (χ3v) is 3.74. The number of halogens is 5. The number of hydrazine groups is 1. The van der Waals surface area contributed by atoms with Crippen molar-refractivity contribution in [3.05, 3.63) is 22.5 Å². The van der Waals surface area contributed by atoms with E-state index in [0.717, 1.165) is 0 Å². The first-order chi connectivity index (χ1) is 10.4. The molecule has 22 heavy (non-hydrogen) atoms. The summed E-state index contributed by atoms with van der Waals surface area (Å²) in [6, 6.07) is 0. The lowest BCUT2D eigenvalue weighted by molar-refractivity contribution is -0.00177. The summed E-state index contributed by atoms with van der Waals surface area (Å²) in [4.78, 5) is 11.5. The van der Waals surface area contributed by atoms with Gasteiger partial charge in [0.1, 0.15) is 5.52 Å². The molecule has 0 unspecified atom stereocenters. The third kappa shape index (κ3) is 2.90. The number of rotatable bonds is 1. The molecule has 0 aromatic carbocycles. The smallest absolute Gasteiger partial charge is 0.262 e. The molecule has 0 amide bonds. The monoisotopic (exact) mass is 351 g/mol. The lowest BCUT2D eigenvalue weighted by Gasteiger charge is -2.23. The van der Waals surface area contributed by atoms with E-state index < -0.39 is 18.3 Å². The maximum absolute atomic E-state index is 14.0. The minimum Gasteiger partial charge on any atom is -0.291 e. The average Bonchev–Trinajstić information content (AvgIpc) is 2.63. The van der Waals surface area contributed by atoms with Crippen LogP contribution >= 0.6 is 23.2 Å². The van der Waals surface area contributed by atoms with Crippen molar-refractivity contribution in [2.75, 3.05) is 18.1 Å². The van der Waals surface area contributed by atoms with Crippen LogP contribution in [0.4, 0.5) is 19.0 Å². The normalized spacial score (nSPS) is 18.5. The summed E-state index contributed by atoms with van der Waals surface area (Å²) < 4.78 is 40.9. The zero-order valence-corrected chi connectivity index (χ0v) is 12.6. The van der Waals surface area contributed by atoms with E-state index in [0.29, 0.717) is 0 Å². The van der Waals surface area contributed by atoms with Gasteiger partial charge in [-0.3, -0.25) is 5.01 Å². The summed E-state index contributed by atoms with van der Waals surface area (Å²) in [7, 11) is 0. The Balaban J connectivity index is 2.09. The Kier molecular flexibility index (Phi) is 4.00. The molecular formula is C12H10Cl2F3N5. The van der Waals surface area contributed by atoms with Crippen LogP contribution < -0.4 is 10.4 Å². The van der Waals surface area contributed by atoms with Crippen molar-refractivity contribution in [3.63, 3.8) is 0 Å². The molecule has 5 nitrogen and oxygen atoms in total. The molecule has 1 saturated heterocycles. The van der Waals surface area contributed by atoms with Crippen LogP contribution in [-0.4, -0.2) is 34.0 Å². The summed E-state index contributed by atoms with van der Waals surface area (Å²) in [5.74, 6) is -3.45. The zero-order chi connectivity index (χ0) is 15.9. The highest BCUT2D eigenvalue weighted by molar-refractivity contribution is 6.30. The molecule has 0 radical (unpaired) electrons. The van der Waals surface area contributed by atoms with Gasteiger partial charge in [-0.25, -0.2) is 28.6 Å². The number of nitrogens with one attached hydrogen (secondary N) is 1. The first kappa shape index (κ1) is 15.5. The first-order valence-electron chi connectivity index (χ1n) is 6.43. The maximum Gasteiger partial charge on any atom is 0.262 e. The number of fused-ring (bicyclic) bond motifs is 1. The van der Waals surface area contributed by atoms with Crippen molar-refractivity contribution in [1.82, 2.24) is 20.4 Å². The van der Waals surface area contributed by atoms with Gasteiger partial charge in [-0.15, -0.1) is 0 Å². The number of pyridine rings is 1. The minimum absolute atomic E-state index is 0.104. The highest BCUT2D eigenvalue weighted by Crippen LogP contribution is 2.30. The highest BCUT2D eigenvalue weighted by Gasteiger charge is 2.32. The Morgan fingerprint density at radius 1 is 1.27 bits per heavy atom. The van der Waals surface area contributed by atoms with Gasteiger partial charge in [-0.1, -0.05) is 11.6 Å². The van der Waals surface area contributed by atoms with E-state index in [4.69, 9.17) is 23.2 Å². The van der Waals surface area contributed by atoms with Gasteiger partial charge in [-0.05, 0) is 18.0 Å². The fraction of sp³-hybridized carbons (Fsp3) is 0.417. The number of hydrogen-bond acceptors (Lipinski definition) is 5. The second-order valence-corrected chi connectivity index (χ2v) is 5.58. The average molecular weight is 352 g/mol. The number of nitrogens with zero attached hydrogens (tertiary/aromatic N) is 4. The number of hydrogen-bond donors (Lipinski definition) is 1. The van der Waals surface area contributed by atoms with Crippen molar-refractivity contribution in [2.45, 2.75) is 18.8 Å². The predicted octanol–water partition coefficient (Wildman–Crippen LogP) is 3.21.